The fourth-order valence-corrected chi connectivity index (χ4v) is 1.97. The molecule has 0 aliphatic heterocycles. The highest BCUT2D eigenvalue weighted by Crippen LogP contribution is 2.37. The highest BCUT2D eigenvalue weighted by atomic mass is 15.2. The maximum atomic E-state index is 6.02. The average Bonchev–Trinajstić information content (AvgIpc) is 2.62. The molecule has 0 saturated heterocycles. The van der Waals surface area contributed by atoms with Gasteiger partial charge in [-0.1, -0.05) is 13.3 Å². The van der Waals surface area contributed by atoms with Gasteiger partial charge in [0.2, 0.25) is 0 Å². The fraction of sp³-hybridized carbons (Fsp3) is 0.750. The summed E-state index contributed by atoms with van der Waals surface area (Å²) in [6.07, 6.45) is 4.95. The van der Waals surface area contributed by atoms with Gasteiger partial charge in [0.15, 0.2) is 0 Å². The lowest BCUT2D eigenvalue weighted by Crippen LogP contribution is -2.39. The van der Waals surface area contributed by atoms with Crippen molar-refractivity contribution < 1.29 is 0 Å². The molecule has 1 fully saturated rings. The monoisotopic (exact) mass is 166 g/mol. The Kier molecular flexibility index (Phi) is 1.65. The van der Waals surface area contributed by atoms with Gasteiger partial charge in [-0.2, -0.15) is 5.10 Å². The number of hydrogen-bond donors (Lipinski definition) is 2. The number of aromatic amines is 1. The first kappa shape index (κ1) is 7.73. The van der Waals surface area contributed by atoms with E-state index in [0.717, 1.165) is 18.7 Å². The molecule has 0 amide bonds. The topological polar surface area (TPSA) is 67.6 Å². The van der Waals surface area contributed by atoms with Crippen molar-refractivity contribution >= 4 is 0 Å². The predicted octanol–water partition coefficient (Wildman–Crippen LogP) is 0.574. The van der Waals surface area contributed by atoms with Gasteiger partial charge in [-0.3, -0.25) is 5.10 Å². The first-order valence-corrected chi connectivity index (χ1v) is 4.35. The zero-order chi connectivity index (χ0) is 8.60. The Hall–Kier alpha value is -0.900. The number of H-pyrrole nitrogens is 1. The van der Waals surface area contributed by atoms with Gasteiger partial charge in [0.25, 0.3) is 0 Å². The largest absolute Gasteiger partial charge is 0.327 e. The van der Waals surface area contributed by atoms with Crippen molar-refractivity contribution in [2.45, 2.75) is 37.6 Å². The van der Waals surface area contributed by atoms with E-state index in [1.54, 1.807) is 6.33 Å². The molecule has 2 unspecified atom stereocenters. The molecule has 1 aliphatic rings. The summed E-state index contributed by atoms with van der Waals surface area (Å²) in [4.78, 5) is 4.17. The van der Waals surface area contributed by atoms with Crippen LogP contribution < -0.4 is 5.73 Å². The maximum Gasteiger partial charge on any atom is 0.137 e. The lowest BCUT2D eigenvalue weighted by molar-refractivity contribution is 0.405. The van der Waals surface area contributed by atoms with Crippen LogP contribution >= 0.6 is 0 Å². The smallest absolute Gasteiger partial charge is 0.137 e. The number of nitrogens with one attached hydrogen (secondary N) is 1. The van der Waals surface area contributed by atoms with Gasteiger partial charge < -0.3 is 5.73 Å². The molecule has 1 aliphatic carbocycles. The van der Waals surface area contributed by atoms with Crippen LogP contribution in [0.2, 0.25) is 0 Å². The molecule has 1 aromatic heterocycles. The molecule has 0 aromatic carbocycles. The second kappa shape index (κ2) is 2.55. The number of nitrogens with zero attached hydrogens (tertiary/aromatic N) is 2. The van der Waals surface area contributed by atoms with Crippen molar-refractivity contribution in [3.05, 3.63) is 12.2 Å². The molecule has 1 saturated carbocycles. The van der Waals surface area contributed by atoms with Crippen molar-refractivity contribution in [2.75, 3.05) is 0 Å². The molecule has 0 radical (unpaired) electrons. The third-order valence-electron chi connectivity index (χ3n) is 2.99. The highest BCUT2D eigenvalue weighted by molar-refractivity contribution is 5.12. The van der Waals surface area contributed by atoms with E-state index in [0.29, 0.717) is 0 Å². The van der Waals surface area contributed by atoms with Crippen LogP contribution in [0.25, 0.3) is 0 Å². The summed E-state index contributed by atoms with van der Waals surface area (Å²) < 4.78 is 0. The van der Waals surface area contributed by atoms with E-state index < -0.39 is 0 Å². The van der Waals surface area contributed by atoms with Crippen molar-refractivity contribution in [1.29, 1.82) is 0 Å². The van der Waals surface area contributed by atoms with E-state index in [4.69, 9.17) is 5.73 Å². The second-order valence-electron chi connectivity index (χ2n) is 3.75. The van der Waals surface area contributed by atoms with Crippen LogP contribution in [0.4, 0.5) is 0 Å². The Balaban J connectivity index is 2.32. The summed E-state index contributed by atoms with van der Waals surface area (Å²) >= 11 is 0. The standard InChI is InChI=1S/C8H14N4/c1-8(4-2-3-6(8)9)7-10-5-11-12-7/h5-6H,2-4,9H2,1H3,(H,10,11,12). The molecule has 2 rings (SSSR count). The Labute approximate surface area is 71.6 Å². The number of aromatic nitrogens is 3. The van der Waals surface area contributed by atoms with Crippen LogP contribution in [0, 0.1) is 0 Å². The molecule has 2 atom stereocenters. The van der Waals surface area contributed by atoms with Gasteiger partial charge in [0.1, 0.15) is 12.2 Å². The fourth-order valence-electron chi connectivity index (χ4n) is 1.97. The van der Waals surface area contributed by atoms with Crippen molar-refractivity contribution in [3.8, 4) is 0 Å². The molecule has 3 N–H and O–H groups in total. The normalized spacial score (nSPS) is 35.7. The molecular weight excluding hydrogens is 152 g/mol. The van der Waals surface area contributed by atoms with Gasteiger partial charge in [0.05, 0.1) is 0 Å². The summed E-state index contributed by atoms with van der Waals surface area (Å²) in [7, 11) is 0. The molecule has 0 bridgehead atoms. The molecule has 4 heteroatoms. The average molecular weight is 166 g/mol. The number of nitrogens with two attached hydrogens (primary N) is 1. The van der Waals surface area contributed by atoms with Crippen LogP contribution in [0.1, 0.15) is 32.0 Å². The summed E-state index contributed by atoms with van der Waals surface area (Å²) in [5.74, 6) is 0.938. The quantitative estimate of drug-likeness (QED) is 0.641. The first-order valence-electron chi connectivity index (χ1n) is 4.35. The Morgan fingerprint density at radius 2 is 2.58 bits per heavy atom. The van der Waals surface area contributed by atoms with E-state index >= 15 is 0 Å². The zero-order valence-corrected chi connectivity index (χ0v) is 7.25. The molecule has 1 aromatic rings. The van der Waals surface area contributed by atoms with E-state index in [1.807, 2.05) is 0 Å². The predicted molar refractivity (Wildman–Crippen MR) is 45.6 cm³/mol. The Morgan fingerprint density at radius 3 is 3.08 bits per heavy atom. The lowest BCUT2D eigenvalue weighted by atomic mass is 9.84. The first-order chi connectivity index (χ1) is 5.73. The molecule has 12 heavy (non-hydrogen) atoms. The number of hydrogen-bond acceptors (Lipinski definition) is 3. The Bertz CT molecular complexity index is 256. The molecule has 4 nitrogen and oxygen atoms in total. The third-order valence-corrected chi connectivity index (χ3v) is 2.99. The summed E-state index contributed by atoms with van der Waals surface area (Å²) in [6, 6.07) is 0.227. The molecular formula is C8H14N4. The summed E-state index contributed by atoms with van der Waals surface area (Å²) in [5.41, 5.74) is 6.04. The van der Waals surface area contributed by atoms with Gasteiger partial charge in [-0.05, 0) is 12.8 Å². The molecule has 0 spiro atoms. The van der Waals surface area contributed by atoms with Crippen LogP contribution in [0.3, 0.4) is 0 Å². The van der Waals surface area contributed by atoms with E-state index in [-0.39, 0.29) is 11.5 Å². The minimum absolute atomic E-state index is 0.0243. The SMILES string of the molecule is CC1(c2ncn[nH]2)CCCC1N. The van der Waals surface area contributed by atoms with Crippen LogP contribution in [0.5, 0.6) is 0 Å². The third kappa shape index (κ3) is 0.948. The highest BCUT2D eigenvalue weighted by Gasteiger charge is 2.40. The summed E-state index contributed by atoms with van der Waals surface area (Å²) in [6.45, 7) is 2.16. The van der Waals surface area contributed by atoms with Crippen molar-refractivity contribution in [3.63, 3.8) is 0 Å². The van der Waals surface area contributed by atoms with Gasteiger partial charge >= 0.3 is 0 Å². The van der Waals surface area contributed by atoms with E-state index in [9.17, 15) is 0 Å². The van der Waals surface area contributed by atoms with Crippen LogP contribution in [-0.4, -0.2) is 21.2 Å². The van der Waals surface area contributed by atoms with Crippen LogP contribution in [0.15, 0.2) is 6.33 Å². The number of rotatable bonds is 1. The van der Waals surface area contributed by atoms with Gasteiger partial charge in [0, 0.05) is 11.5 Å². The minimum atomic E-state index is 0.0243. The Morgan fingerprint density at radius 1 is 1.75 bits per heavy atom. The van der Waals surface area contributed by atoms with Crippen molar-refractivity contribution in [2.24, 2.45) is 5.73 Å². The van der Waals surface area contributed by atoms with E-state index in [2.05, 4.69) is 22.1 Å². The van der Waals surface area contributed by atoms with Crippen molar-refractivity contribution in [1.82, 2.24) is 15.2 Å². The van der Waals surface area contributed by atoms with Gasteiger partial charge in [-0.15, -0.1) is 0 Å². The molecule has 1 heterocycles. The zero-order valence-electron chi connectivity index (χ0n) is 7.25. The van der Waals surface area contributed by atoms with Crippen LogP contribution in [-0.2, 0) is 5.41 Å². The minimum Gasteiger partial charge on any atom is -0.327 e. The lowest BCUT2D eigenvalue weighted by Gasteiger charge is -2.25. The second-order valence-corrected chi connectivity index (χ2v) is 3.75. The van der Waals surface area contributed by atoms with E-state index in [1.165, 1.54) is 6.42 Å². The van der Waals surface area contributed by atoms with Gasteiger partial charge in [-0.25, -0.2) is 4.98 Å². The maximum absolute atomic E-state index is 6.02. The molecule has 66 valence electrons. The summed E-state index contributed by atoms with van der Waals surface area (Å²) in [5, 5.41) is 6.76.